The number of halogens is 2. The Bertz CT molecular complexity index is 847. The summed E-state index contributed by atoms with van der Waals surface area (Å²) < 4.78 is 24.4. The fraction of sp³-hybridized carbons (Fsp3) is 0.118. The van der Waals surface area contributed by atoms with Gasteiger partial charge in [0.25, 0.3) is 5.89 Å². The van der Waals surface area contributed by atoms with E-state index in [0.717, 1.165) is 11.6 Å². The summed E-state index contributed by atoms with van der Waals surface area (Å²) in [4.78, 5) is 12.1. The summed E-state index contributed by atoms with van der Waals surface area (Å²) >= 11 is 5.85. The van der Waals surface area contributed by atoms with Gasteiger partial charge in [0.15, 0.2) is 6.10 Å². The lowest BCUT2D eigenvalue weighted by atomic mass is 10.2. The van der Waals surface area contributed by atoms with Crippen molar-refractivity contribution in [2.45, 2.75) is 13.0 Å². The molecule has 3 rings (SSSR count). The molecule has 5 nitrogen and oxygen atoms in total. The Balaban J connectivity index is 1.77. The normalized spacial score (nSPS) is 12.0. The van der Waals surface area contributed by atoms with Gasteiger partial charge >= 0.3 is 5.97 Å². The summed E-state index contributed by atoms with van der Waals surface area (Å²) in [5, 5.41) is 7.75. The summed E-state index contributed by atoms with van der Waals surface area (Å²) in [6.07, 6.45) is -0.849. The van der Waals surface area contributed by atoms with Crippen molar-refractivity contribution in [2.24, 2.45) is 0 Å². The highest BCUT2D eigenvalue weighted by molar-refractivity contribution is 6.33. The molecule has 0 radical (unpaired) electrons. The maximum atomic E-state index is 13.7. The monoisotopic (exact) mass is 346 g/mol. The third kappa shape index (κ3) is 3.28. The fourth-order valence-corrected chi connectivity index (χ4v) is 2.30. The van der Waals surface area contributed by atoms with E-state index in [2.05, 4.69) is 10.2 Å². The van der Waals surface area contributed by atoms with Gasteiger partial charge < -0.3 is 9.15 Å². The van der Waals surface area contributed by atoms with Gasteiger partial charge in [-0.25, -0.2) is 9.18 Å². The van der Waals surface area contributed by atoms with Crippen molar-refractivity contribution in [3.63, 3.8) is 0 Å². The molecule has 1 heterocycles. The van der Waals surface area contributed by atoms with E-state index in [1.54, 1.807) is 6.92 Å². The molecule has 0 bridgehead atoms. The number of esters is 1. The SMILES string of the molecule is C[C@H](OC(=O)c1c(F)cccc1Cl)c1nnc(-c2ccccc2)o1. The number of carbonyl (C=O) groups excluding carboxylic acids is 1. The highest BCUT2D eigenvalue weighted by atomic mass is 35.5. The van der Waals surface area contributed by atoms with Crippen molar-refractivity contribution >= 4 is 17.6 Å². The number of ether oxygens (including phenoxy) is 1. The zero-order valence-corrected chi connectivity index (χ0v) is 13.3. The first-order chi connectivity index (χ1) is 11.6. The van der Waals surface area contributed by atoms with E-state index in [-0.39, 0.29) is 16.5 Å². The van der Waals surface area contributed by atoms with Crippen molar-refractivity contribution in [3.8, 4) is 11.5 Å². The lowest BCUT2D eigenvalue weighted by Gasteiger charge is -2.10. The van der Waals surface area contributed by atoms with E-state index in [1.165, 1.54) is 12.1 Å². The number of aromatic nitrogens is 2. The van der Waals surface area contributed by atoms with Crippen LogP contribution in [-0.4, -0.2) is 16.2 Å². The van der Waals surface area contributed by atoms with Crippen LogP contribution in [0.4, 0.5) is 4.39 Å². The number of carbonyl (C=O) groups is 1. The molecule has 1 aromatic heterocycles. The second kappa shape index (κ2) is 6.80. The minimum absolute atomic E-state index is 0.0253. The van der Waals surface area contributed by atoms with Crippen LogP contribution in [0.25, 0.3) is 11.5 Å². The van der Waals surface area contributed by atoms with Crippen LogP contribution >= 0.6 is 11.6 Å². The predicted octanol–water partition coefficient (Wildman–Crippen LogP) is 4.45. The van der Waals surface area contributed by atoms with Crippen LogP contribution in [0, 0.1) is 5.82 Å². The quantitative estimate of drug-likeness (QED) is 0.653. The van der Waals surface area contributed by atoms with Crippen molar-refractivity contribution in [1.82, 2.24) is 10.2 Å². The van der Waals surface area contributed by atoms with Crippen LogP contribution in [0.2, 0.25) is 5.02 Å². The lowest BCUT2D eigenvalue weighted by Crippen LogP contribution is -2.12. The number of hydrogen-bond donors (Lipinski definition) is 0. The van der Waals surface area contributed by atoms with E-state index < -0.39 is 17.9 Å². The standard InChI is InChI=1S/C17H12ClFN2O3/c1-10(23-17(22)14-12(18)8-5-9-13(14)19)15-20-21-16(24-15)11-6-3-2-4-7-11/h2-10H,1H3/t10-/m0/s1. The number of rotatable bonds is 4. The van der Waals surface area contributed by atoms with Gasteiger partial charge in [0.05, 0.1) is 5.02 Å². The van der Waals surface area contributed by atoms with Crippen LogP contribution in [0.15, 0.2) is 52.9 Å². The van der Waals surface area contributed by atoms with Crippen molar-refractivity contribution < 1.29 is 18.3 Å². The number of hydrogen-bond acceptors (Lipinski definition) is 5. The molecule has 3 aromatic rings. The molecule has 24 heavy (non-hydrogen) atoms. The van der Waals surface area contributed by atoms with Gasteiger partial charge in [-0.3, -0.25) is 0 Å². The van der Waals surface area contributed by atoms with E-state index in [9.17, 15) is 9.18 Å². The topological polar surface area (TPSA) is 65.2 Å². The summed E-state index contributed by atoms with van der Waals surface area (Å²) in [5.41, 5.74) is 0.417. The lowest BCUT2D eigenvalue weighted by molar-refractivity contribution is 0.0275. The minimum atomic E-state index is -0.898. The van der Waals surface area contributed by atoms with Gasteiger partial charge in [-0.1, -0.05) is 35.9 Å². The summed E-state index contributed by atoms with van der Waals surface area (Å²) in [7, 11) is 0. The molecule has 7 heteroatoms. The third-order valence-corrected chi connectivity index (χ3v) is 3.57. The maximum absolute atomic E-state index is 13.7. The molecule has 0 spiro atoms. The number of nitrogens with zero attached hydrogens (tertiary/aromatic N) is 2. The molecular weight excluding hydrogens is 335 g/mol. The van der Waals surface area contributed by atoms with Crippen molar-refractivity contribution in [1.29, 1.82) is 0 Å². The zero-order chi connectivity index (χ0) is 17.1. The highest BCUT2D eigenvalue weighted by Gasteiger charge is 2.23. The van der Waals surface area contributed by atoms with E-state index in [4.69, 9.17) is 20.8 Å². The Morgan fingerprint density at radius 2 is 1.92 bits per heavy atom. The van der Waals surface area contributed by atoms with Gasteiger partial charge in [-0.2, -0.15) is 0 Å². The molecule has 0 unspecified atom stereocenters. The van der Waals surface area contributed by atoms with Crippen LogP contribution in [0.3, 0.4) is 0 Å². The second-order valence-corrected chi connectivity index (χ2v) is 5.36. The first kappa shape index (κ1) is 16.1. The summed E-state index contributed by atoms with van der Waals surface area (Å²) in [6.45, 7) is 1.55. The Morgan fingerprint density at radius 1 is 1.17 bits per heavy atom. The Kier molecular flexibility index (Phi) is 4.57. The molecule has 0 amide bonds. The smallest absolute Gasteiger partial charge is 0.343 e. The van der Waals surface area contributed by atoms with Gasteiger partial charge in [0, 0.05) is 5.56 Å². The van der Waals surface area contributed by atoms with Gasteiger partial charge in [-0.05, 0) is 31.2 Å². The molecule has 0 N–H and O–H groups in total. The van der Waals surface area contributed by atoms with Crippen LogP contribution < -0.4 is 0 Å². The van der Waals surface area contributed by atoms with Crippen LogP contribution in [0.5, 0.6) is 0 Å². The molecule has 0 aliphatic rings. The van der Waals surface area contributed by atoms with E-state index in [1.807, 2.05) is 30.3 Å². The predicted molar refractivity (Wildman–Crippen MR) is 85.0 cm³/mol. The average Bonchev–Trinajstić information content (AvgIpc) is 3.05. The summed E-state index contributed by atoms with van der Waals surface area (Å²) in [6, 6.07) is 13.1. The molecule has 122 valence electrons. The van der Waals surface area contributed by atoms with Gasteiger partial charge in [0.2, 0.25) is 5.89 Å². The molecule has 2 aromatic carbocycles. The Labute approximate surface area is 142 Å². The van der Waals surface area contributed by atoms with Gasteiger partial charge in [-0.15, -0.1) is 10.2 Å². The third-order valence-electron chi connectivity index (χ3n) is 3.26. The first-order valence-electron chi connectivity index (χ1n) is 7.10. The minimum Gasteiger partial charge on any atom is -0.449 e. The van der Waals surface area contributed by atoms with Crippen LogP contribution in [0.1, 0.15) is 29.3 Å². The second-order valence-electron chi connectivity index (χ2n) is 4.96. The molecule has 0 saturated heterocycles. The Morgan fingerprint density at radius 3 is 2.62 bits per heavy atom. The first-order valence-corrected chi connectivity index (χ1v) is 7.48. The molecule has 0 fully saturated rings. The maximum Gasteiger partial charge on any atom is 0.343 e. The van der Waals surface area contributed by atoms with E-state index >= 15 is 0 Å². The van der Waals surface area contributed by atoms with Crippen molar-refractivity contribution in [2.75, 3.05) is 0 Å². The molecule has 0 aliphatic heterocycles. The highest BCUT2D eigenvalue weighted by Crippen LogP contribution is 2.25. The van der Waals surface area contributed by atoms with Gasteiger partial charge in [0.1, 0.15) is 11.4 Å². The Hall–Kier alpha value is -2.73. The largest absolute Gasteiger partial charge is 0.449 e. The van der Waals surface area contributed by atoms with Crippen molar-refractivity contribution in [3.05, 3.63) is 70.8 Å². The zero-order valence-electron chi connectivity index (χ0n) is 12.6. The van der Waals surface area contributed by atoms with E-state index in [0.29, 0.717) is 5.89 Å². The average molecular weight is 347 g/mol. The van der Waals surface area contributed by atoms with Crippen LogP contribution in [-0.2, 0) is 4.74 Å². The molecular formula is C17H12ClFN2O3. The summed E-state index contributed by atoms with van der Waals surface area (Å²) in [5.74, 6) is -1.24. The fourth-order valence-electron chi connectivity index (χ4n) is 2.06. The molecule has 1 atom stereocenters. The number of benzene rings is 2. The molecule has 0 saturated carbocycles. The molecule has 0 aliphatic carbocycles.